The van der Waals surface area contributed by atoms with E-state index < -0.39 is 31.0 Å². The maximum atomic E-state index is 13.1. The number of carbonyl (C=O) groups is 1. The molecule has 106 valence electrons. The lowest BCUT2D eigenvalue weighted by Gasteiger charge is -2.10. The van der Waals surface area contributed by atoms with Gasteiger partial charge in [0, 0.05) is 17.8 Å². The fourth-order valence-electron chi connectivity index (χ4n) is 1.23. The number of alkyl halides is 3. The monoisotopic (exact) mass is 280 g/mol. The number of methoxy groups -OCH3 is 1. The van der Waals surface area contributed by atoms with Crippen LogP contribution < -0.4 is 15.4 Å². The van der Waals surface area contributed by atoms with E-state index in [0.717, 1.165) is 12.1 Å². The van der Waals surface area contributed by atoms with E-state index in [9.17, 15) is 22.4 Å². The summed E-state index contributed by atoms with van der Waals surface area (Å²) < 4.78 is 53.4. The fourth-order valence-corrected chi connectivity index (χ4v) is 1.23. The maximum Gasteiger partial charge on any atom is 0.405 e. The lowest BCUT2D eigenvalue weighted by atomic mass is 10.3. The van der Waals surface area contributed by atoms with Crippen molar-refractivity contribution in [1.29, 1.82) is 0 Å². The van der Waals surface area contributed by atoms with Crippen LogP contribution in [0.5, 0.6) is 5.75 Å². The van der Waals surface area contributed by atoms with Crippen LogP contribution in [0.1, 0.15) is 0 Å². The number of amides is 1. The van der Waals surface area contributed by atoms with Gasteiger partial charge in [0.1, 0.15) is 18.1 Å². The molecule has 4 nitrogen and oxygen atoms in total. The van der Waals surface area contributed by atoms with Crippen molar-refractivity contribution >= 4 is 11.6 Å². The van der Waals surface area contributed by atoms with Crippen LogP contribution >= 0.6 is 0 Å². The van der Waals surface area contributed by atoms with E-state index in [1.165, 1.54) is 13.2 Å². The van der Waals surface area contributed by atoms with E-state index in [-0.39, 0.29) is 11.4 Å². The Labute approximate surface area is 106 Å². The maximum absolute atomic E-state index is 13.1. The number of halogens is 4. The van der Waals surface area contributed by atoms with Gasteiger partial charge in [-0.05, 0) is 6.07 Å². The normalized spacial score (nSPS) is 11.0. The molecule has 2 N–H and O–H groups in total. The Morgan fingerprint density at radius 3 is 2.58 bits per heavy atom. The summed E-state index contributed by atoms with van der Waals surface area (Å²) in [7, 11) is 1.34. The minimum absolute atomic E-state index is 0.234. The van der Waals surface area contributed by atoms with Crippen molar-refractivity contribution < 1.29 is 27.1 Å². The van der Waals surface area contributed by atoms with Crippen molar-refractivity contribution in [2.75, 3.05) is 25.5 Å². The number of hydrogen-bond acceptors (Lipinski definition) is 3. The third-order valence-corrected chi connectivity index (χ3v) is 2.05. The van der Waals surface area contributed by atoms with E-state index in [0.29, 0.717) is 0 Å². The van der Waals surface area contributed by atoms with Crippen LogP contribution in [0.2, 0.25) is 0 Å². The number of rotatable bonds is 5. The first-order valence-electron chi connectivity index (χ1n) is 5.22. The van der Waals surface area contributed by atoms with Crippen LogP contribution in [0.25, 0.3) is 0 Å². The highest BCUT2D eigenvalue weighted by Crippen LogP contribution is 2.19. The van der Waals surface area contributed by atoms with Gasteiger partial charge in [0.05, 0.1) is 13.7 Å². The molecule has 0 atom stereocenters. The number of anilines is 1. The molecule has 0 bridgehead atoms. The third kappa shape index (κ3) is 5.94. The van der Waals surface area contributed by atoms with Crippen molar-refractivity contribution in [2.24, 2.45) is 0 Å². The molecule has 1 rings (SSSR count). The highest BCUT2D eigenvalue weighted by molar-refractivity contribution is 5.80. The molecular formula is C11H12F4N2O2. The molecule has 0 aliphatic carbocycles. The SMILES string of the molecule is COc1cc(F)cc(NCC(=O)NCC(F)(F)F)c1. The Bertz CT molecular complexity index is 449. The van der Waals surface area contributed by atoms with Gasteiger partial charge in [-0.3, -0.25) is 4.79 Å². The molecule has 0 spiro atoms. The Morgan fingerprint density at radius 1 is 1.32 bits per heavy atom. The molecule has 0 saturated carbocycles. The van der Waals surface area contributed by atoms with Gasteiger partial charge in [-0.2, -0.15) is 13.2 Å². The van der Waals surface area contributed by atoms with Gasteiger partial charge in [-0.15, -0.1) is 0 Å². The van der Waals surface area contributed by atoms with Crippen LogP contribution in [0.3, 0.4) is 0 Å². The summed E-state index contributed by atoms with van der Waals surface area (Å²) in [5, 5.41) is 4.18. The number of nitrogens with one attached hydrogen (secondary N) is 2. The van der Waals surface area contributed by atoms with Gasteiger partial charge in [0.2, 0.25) is 5.91 Å². The second-order valence-electron chi connectivity index (χ2n) is 3.63. The van der Waals surface area contributed by atoms with Crippen LogP contribution in [0.15, 0.2) is 18.2 Å². The second-order valence-corrected chi connectivity index (χ2v) is 3.63. The zero-order valence-electron chi connectivity index (χ0n) is 9.97. The van der Waals surface area contributed by atoms with Crippen molar-refractivity contribution in [1.82, 2.24) is 5.32 Å². The zero-order chi connectivity index (χ0) is 14.5. The van der Waals surface area contributed by atoms with Crippen LogP contribution in [0.4, 0.5) is 23.2 Å². The molecule has 19 heavy (non-hydrogen) atoms. The number of ether oxygens (including phenoxy) is 1. The third-order valence-electron chi connectivity index (χ3n) is 2.05. The number of hydrogen-bond donors (Lipinski definition) is 2. The summed E-state index contributed by atoms with van der Waals surface area (Å²) in [6.07, 6.45) is -4.46. The first-order chi connectivity index (χ1) is 8.80. The quantitative estimate of drug-likeness (QED) is 0.810. The standard InChI is InChI=1S/C11H12F4N2O2/c1-19-9-3-7(12)2-8(4-9)16-5-10(18)17-6-11(13,14)15/h2-4,16H,5-6H2,1H3,(H,17,18). The molecule has 0 aliphatic heterocycles. The van der Waals surface area contributed by atoms with Crippen molar-refractivity contribution in [3.63, 3.8) is 0 Å². The molecule has 0 fully saturated rings. The Balaban J connectivity index is 2.48. The molecule has 8 heteroatoms. The molecule has 0 saturated heterocycles. The molecular weight excluding hydrogens is 268 g/mol. The topological polar surface area (TPSA) is 50.4 Å². The largest absolute Gasteiger partial charge is 0.497 e. The molecule has 1 aromatic carbocycles. The summed E-state index contributed by atoms with van der Waals surface area (Å²) in [4.78, 5) is 11.1. The average molecular weight is 280 g/mol. The van der Waals surface area contributed by atoms with Gasteiger partial charge in [-0.25, -0.2) is 4.39 Å². The van der Waals surface area contributed by atoms with Gasteiger partial charge in [0.15, 0.2) is 0 Å². The lowest BCUT2D eigenvalue weighted by molar-refractivity contribution is -0.137. The van der Waals surface area contributed by atoms with E-state index in [1.807, 2.05) is 0 Å². The molecule has 0 unspecified atom stereocenters. The van der Waals surface area contributed by atoms with Crippen LogP contribution in [-0.4, -0.2) is 32.3 Å². The first kappa shape index (κ1) is 15.1. The summed E-state index contributed by atoms with van der Waals surface area (Å²) in [5.74, 6) is -1.20. The summed E-state index contributed by atoms with van der Waals surface area (Å²) in [6.45, 7) is -1.80. The van der Waals surface area contributed by atoms with Gasteiger partial charge in [0.25, 0.3) is 0 Å². The summed E-state index contributed by atoms with van der Waals surface area (Å²) >= 11 is 0. The van der Waals surface area contributed by atoms with E-state index in [2.05, 4.69) is 5.32 Å². The predicted molar refractivity (Wildman–Crippen MR) is 60.5 cm³/mol. The number of benzene rings is 1. The minimum Gasteiger partial charge on any atom is -0.497 e. The number of carbonyl (C=O) groups excluding carboxylic acids is 1. The second kappa shape index (κ2) is 6.26. The Morgan fingerprint density at radius 2 is 2.00 bits per heavy atom. The highest BCUT2D eigenvalue weighted by Gasteiger charge is 2.27. The fraction of sp³-hybridized carbons (Fsp3) is 0.364. The highest BCUT2D eigenvalue weighted by atomic mass is 19.4. The van der Waals surface area contributed by atoms with E-state index >= 15 is 0 Å². The molecule has 0 radical (unpaired) electrons. The first-order valence-corrected chi connectivity index (χ1v) is 5.22. The van der Waals surface area contributed by atoms with Crippen molar-refractivity contribution in [3.8, 4) is 5.75 Å². The molecule has 0 aliphatic rings. The Kier molecular flexibility index (Phi) is 4.96. The van der Waals surface area contributed by atoms with Crippen molar-refractivity contribution in [3.05, 3.63) is 24.0 Å². The van der Waals surface area contributed by atoms with Crippen molar-refractivity contribution in [2.45, 2.75) is 6.18 Å². The molecule has 1 aromatic rings. The molecule has 0 aromatic heterocycles. The van der Waals surface area contributed by atoms with Gasteiger partial charge >= 0.3 is 6.18 Å². The lowest BCUT2D eigenvalue weighted by Crippen LogP contribution is -2.37. The summed E-state index contributed by atoms with van der Waals surface area (Å²) in [5.41, 5.74) is 0.235. The molecule has 1 amide bonds. The Hall–Kier alpha value is -1.99. The van der Waals surface area contributed by atoms with Gasteiger partial charge < -0.3 is 15.4 Å². The summed E-state index contributed by atoms with van der Waals surface area (Å²) in [6, 6.07) is 3.65. The predicted octanol–water partition coefficient (Wildman–Crippen LogP) is 1.92. The van der Waals surface area contributed by atoms with Gasteiger partial charge in [-0.1, -0.05) is 0 Å². The zero-order valence-corrected chi connectivity index (χ0v) is 9.97. The van der Waals surface area contributed by atoms with E-state index in [4.69, 9.17) is 4.74 Å². The smallest absolute Gasteiger partial charge is 0.405 e. The van der Waals surface area contributed by atoms with Crippen LogP contribution in [-0.2, 0) is 4.79 Å². The van der Waals surface area contributed by atoms with E-state index in [1.54, 1.807) is 5.32 Å². The minimum atomic E-state index is -4.46. The van der Waals surface area contributed by atoms with Crippen LogP contribution in [0, 0.1) is 5.82 Å². The average Bonchev–Trinajstić information content (AvgIpc) is 2.32. The molecule has 0 heterocycles.